The molecule has 2 aromatic carbocycles. The first kappa shape index (κ1) is 19.5. The molecule has 1 heterocycles. The number of nitrogens with zero attached hydrogens (tertiary/aromatic N) is 4. The second-order valence-electron chi connectivity index (χ2n) is 5.70. The number of halogens is 1. The molecule has 28 heavy (non-hydrogen) atoms. The highest BCUT2D eigenvalue weighted by molar-refractivity contribution is 7.90. The van der Waals surface area contributed by atoms with Gasteiger partial charge < -0.3 is 5.32 Å². The molecule has 144 valence electrons. The van der Waals surface area contributed by atoms with Gasteiger partial charge in [0.1, 0.15) is 12.7 Å². The summed E-state index contributed by atoms with van der Waals surface area (Å²) in [5.41, 5.74) is -0.00533. The molecule has 0 spiro atoms. The molecule has 3 aromatic rings. The van der Waals surface area contributed by atoms with Gasteiger partial charge in [0.15, 0.2) is 9.84 Å². The van der Waals surface area contributed by atoms with Crippen LogP contribution in [0.4, 0.5) is 11.4 Å². The van der Waals surface area contributed by atoms with E-state index >= 15 is 0 Å². The van der Waals surface area contributed by atoms with Crippen LogP contribution in [0.25, 0.3) is 5.69 Å². The van der Waals surface area contributed by atoms with E-state index in [0.717, 1.165) is 24.5 Å². The number of sulfone groups is 1. The van der Waals surface area contributed by atoms with Gasteiger partial charge in [-0.2, -0.15) is 5.10 Å². The summed E-state index contributed by atoms with van der Waals surface area (Å²) in [5, 5.41) is 18.0. The highest BCUT2D eigenvalue weighted by Crippen LogP contribution is 2.26. The van der Waals surface area contributed by atoms with E-state index in [1.807, 2.05) is 0 Å². The largest absolute Gasteiger partial charge is 0.320 e. The topological polar surface area (TPSA) is 137 Å². The fraction of sp³-hybridized carbons (Fsp3) is 0.0625. The van der Waals surface area contributed by atoms with Crippen molar-refractivity contribution in [3.63, 3.8) is 0 Å². The summed E-state index contributed by atoms with van der Waals surface area (Å²) in [6.45, 7) is 0. The second-order valence-corrected chi connectivity index (χ2v) is 8.15. The highest BCUT2D eigenvalue weighted by Gasteiger charge is 2.20. The molecule has 1 amide bonds. The number of nitro benzene ring substituents is 1. The van der Waals surface area contributed by atoms with Crippen molar-refractivity contribution in [3.8, 4) is 5.69 Å². The number of carbonyl (C=O) groups is 1. The predicted molar refractivity (Wildman–Crippen MR) is 101 cm³/mol. The van der Waals surface area contributed by atoms with Crippen LogP contribution in [0.1, 0.15) is 10.4 Å². The van der Waals surface area contributed by atoms with E-state index in [0.29, 0.717) is 10.7 Å². The Bertz CT molecular complexity index is 1180. The zero-order chi connectivity index (χ0) is 20.5. The first-order chi connectivity index (χ1) is 13.1. The van der Waals surface area contributed by atoms with Crippen LogP contribution < -0.4 is 5.32 Å². The molecular formula is C16H12ClN5O5S. The zero-order valence-corrected chi connectivity index (χ0v) is 15.8. The Hall–Kier alpha value is -3.31. The number of non-ortho nitro benzene ring substituents is 1. The number of rotatable bonds is 5. The Morgan fingerprint density at radius 2 is 2.00 bits per heavy atom. The summed E-state index contributed by atoms with van der Waals surface area (Å²) in [6, 6.07) is 7.60. The Labute approximate surface area is 163 Å². The zero-order valence-electron chi connectivity index (χ0n) is 14.2. The van der Waals surface area contributed by atoms with Crippen LogP contribution in [0.15, 0.2) is 53.9 Å². The van der Waals surface area contributed by atoms with E-state index in [9.17, 15) is 23.3 Å². The third-order valence-corrected chi connectivity index (χ3v) is 4.99. The first-order valence-corrected chi connectivity index (χ1v) is 9.87. The molecule has 0 fully saturated rings. The molecule has 10 nitrogen and oxygen atoms in total. The minimum Gasteiger partial charge on any atom is -0.320 e. The number of hydrogen-bond donors (Lipinski definition) is 1. The maximum atomic E-state index is 12.7. The number of amides is 1. The summed E-state index contributed by atoms with van der Waals surface area (Å²) < 4.78 is 25.0. The summed E-state index contributed by atoms with van der Waals surface area (Å²) >= 11 is 5.99. The van der Waals surface area contributed by atoms with E-state index in [2.05, 4.69) is 15.4 Å². The van der Waals surface area contributed by atoms with Gasteiger partial charge in [-0.15, -0.1) is 0 Å². The van der Waals surface area contributed by atoms with Gasteiger partial charge in [-0.25, -0.2) is 18.1 Å². The molecule has 0 saturated heterocycles. The Balaban J connectivity index is 2.04. The van der Waals surface area contributed by atoms with E-state index in [1.54, 1.807) is 12.1 Å². The molecule has 0 aliphatic heterocycles. The highest BCUT2D eigenvalue weighted by atomic mass is 35.5. The second kappa shape index (κ2) is 7.37. The molecule has 0 aliphatic carbocycles. The maximum absolute atomic E-state index is 12.7. The van der Waals surface area contributed by atoms with Crippen molar-refractivity contribution in [1.29, 1.82) is 0 Å². The van der Waals surface area contributed by atoms with Gasteiger partial charge in [-0.3, -0.25) is 14.9 Å². The average molecular weight is 422 g/mol. The molecule has 0 saturated carbocycles. The molecule has 1 aromatic heterocycles. The van der Waals surface area contributed by atoms with E-state index < -0.39 is 26.4 Å². The normalized spacial score (nSPS) is 11.2. The first-order valence-electron chi connectivity index (χ1n) is 7.60. The van der Waals surface area contributed by atoms with Crippen LogP contribution >= 0.6 is 11.6 Å². The molecule has 0 bridgehead atoms. The minimum atomic E-state index is -3.77. The fourth-order valence-corrected chi connectivity index (χ4v) is 3.22. The molecular weight excluding hydrogens is 410 g/mol. The monoisotopic (exact) mass is 421 g/mol. The number of aromatic nitrogens is 3. The summed E-state index contributed by atoms with van der Waals surface area (Å²) in [6.07, 6.45) is 3.61. The number of nitrogens with one attached hydrogen (secondary N) is 1. The van der Waals surface area contributed by atoms with Crippen molar-refractivity contribution in [2.24, 2.45) is 0 Å². The molecule has 12 heteroatoms. The van der Waals surface area contributed by atoms with Crippen LogP contribution in [0.5, 0.6) is 0 Å². The van der Waals surface area contributed by atoms with Crippen molar-refractivity contribution in [2.75, 3.05) is 11.6 Å². The van der Waals surface area contributed by atoms with Crippen molar-refractivity contribution in [2.45, 2.75) is 4.90 Å². The third kappa shape index (κ3) is 4.15. The smallest absolute Gasteiger partial charge is 0.271 e. The predicted octanol–water partition coefficient (Wildman–Crippen LogP) is 2.48. The van der Waals surface area contributed by atoms with Crippen LogP contribution in [-0.2, 0) is 9.84 Å². The van der Waals surface area contributed by atoms with Gasteiger partial charge >= 0.3 is 0 Å². The van der Waals surface area contributed by atoms with Crippen molar-refractivity contribution in [3.05, 3.63) is 69.8 Å². The molecule has 0 aliphatic rings. The van der Waals surface area contributed by atoms with Gasteiger partial charge in [0.2, 0.25) is 0 Å². The average Bonchev–Trinajstić information content (AvgIpc) is 3.15. The number of carbonyl (C=O) groups excluding carboxylic acids is 1. The number of benzene rings is 2. The minimum absolute atomic E-state index is 0.195. The van der Waals surface area contributed by atoms with Crippen molar-refractivity contribution >= 4 is 38.7 Å². The van der Waals surface area contributed by atoms with Crippen LogP contribution in [0.2, 0.25) is 5.02 Å². The summed E-state index contributed by atoms with van der Waals surface area (Å²) in [4.78, 5) is 26.5. The molecule has 3 rings (SSSR count). The standard InChI is InChI=1S/C16H12ClN5O5S/c1-28(26,27)13-5-10(4-12(7-13)22(24)25)16(23)20-14-6-11(17)2-3-15(14)21-9-18-8-19-21/h2-9H,1H3,(H,20,23). The van der Waals surface area contributed by atoms with E-state index in [-0.39, 0.29) is 16.1 Å². The van der Waals surface area contributed by atoms with Crippen molar-refractivity contribution < 1.29 is 18.1 Å². The van der Waals surface area contributed by atoms with E-state index in [4.69, 9.17) is 11.6 Å². The Morgan fingerprint density at radius 1 is 1.25 bits per heavy atom. The lowest BCUT2D eigenvalue weighted by molar-refractivity contribution is -0.385. The van der Waals surface area contributed by atoms with Crippen LogP contribution in [-0.4, -0.2) is 40.3 Å². The Morgan fingerprint density at radius 3 is 2.61 bits per heavy atom. The number of nitro groups is 1. The maximum Gasteiger partial charge on any atom is 0.271 e. The number of anilines is 1. The molecule has 1 N–H and O–H groups in total. The van der Waals surface area contributed by atoms with Crippen molar-refractivity contribution in [1.82, 2.24) is 14.8 Å². The van der Waals surface area contributed by atoms with Crippen LogP contribution in [0.3, 0.4) is 0 Å². The quantitative estimate of drug-likeness (QED) is 0.493. The van der Waals surface area contributed by atoms with Crippen LogP contribution in [0, 0.1) is 10.1 Å². The SMILES string of the molecule is CS(=O)(=O)c1cc(C(=O)Nc2cc(Cl)ccc2-n2cncn2)cc([N+](=O)[O-])c1. The lowest BCUT2D eigenvalue weighted by atomic mass is 10.1. The lowest BCUT2D eigenvalue weighted by Crippen LogP contribution is -2.15. The van der Waals surface area contributed by atoms with Gasteiger partial charge in [0.05, 0.1) is 21.2 Å². The lowest BCUT2D eigenvalue weighted by Gasteiger charge is -2.12. The molecule has 0 atom stereocenters. The number of hydrogen-bond acceptors (Lipinski definition) is 7. The van der Waals surface area contributed by atoms with Gasteiger partial charge in [0, 0.05) is 29.0 Å². The molecule has 0 radical (unpaired) electrons. The van der Waals surface area contributed by atoms with Gasteiger partial charge in [-0.1, -0.05) is 11.6 Å². The van der Waals surface area contributed by atoms with Gasteiger partial charge in [0.25, 0.3) is 11.6 Å². The fourth-order valence-electron chi connectivity index (χ4n) is 2.37. The summed E-state index contributed by atoms with van der Waals surface area (Å²) in [7, 11) is -3.77. The summed E-state index contributed by atoms with van der Waals surface area (Å²) in [5.74, 6) is -0.753. The molecule has 0 unspecified atom stereocenters. The third-order valence-electron chi connectivity index (χ3n) is 3.66. The van der Waals surface area contributed by atoms with E-state index in [1.165, 1.54) is 23.4 Å². The van der Waals surface area contributed by atoms with Gasteiger partial charge in [-0.05, 0) is 24.3 Å². The Kier molecular flexibility index (Phi) is 5.12.